The smallest absolute Gasteiger partial charge is 0.379 e. The fourth-order valence-electron chi connectivity index (χ4n) is 3.64. The molecule has 1 aliphatic heterocycles. The van der Waals surface area contributed by atoms with Crippen LogP contribution in [-0.4, -0.2) is 47.3 Å². The molecule has 0 spiro atoms. The van der Waals surface area contributed by atoms with Crippen LogP contribution in [0, 0.1) is 12.7 Å². The number of nitrogens with zero attached hydrogens (tertiary/aromatic N) is 3. The second-order valence-electron chi connectivity index (χ2n) is 6.73. The molecular weight excluding hydrogens is 362 g/mol. The number of alkyl halides is 3. The number of halogens is 4. The standard InChI is InChI=1S/C19H19F4N3O/c1-12-16(20)11-14-13-3-2-4-15(19(21,22)23)17(13)26(18(14)24-12)6-5-25-7-9-27-10-8-25/h2-4,11H,5-10H2,1H3. The molecule has 1 aliphatic rings. The van der Waals surface area contributed by atoms with Crippen molar-refractivity contribution in [3.8, 4) is 0 Å². The van der Waals surface area contributed by atoms with Gasteiger partial charge in [-0.25, -0.2) is 9.37 Å². The van der Waals surface area contributed by atoms with Crippen molar-refractivity contribution >= 4 is 21.9 Å². The Morgan fingerprint density at radius 3 is 2.56 bits per heavy atom. The van der Waals surface area contributed by atoms with Crippen LogP contribution in [0.15, 0.2) is 24.3 Å². The second kappa shape index (κ2) is 6.76. The molecule has 1 aromatic carbocycles. The van der Waals surface area contributed by atoms with Crippen molar-refractivity contribution in [1.29, 1.82) is 0 Å². The molecule has 0 aliphatic carbocycles. The third-order valence-corrected chi connectivity index (χ3v) is 5.03. The Bertz CT molecular complexity index is 990. The number of aryl methyl sites for hydroxylation is 1. The molecular formula is C19H19F4N3O. The summed E-state index contributed by atoms with van der Waals surface area (Å²) in [6.45, 7) is 5.14. The number of hydrogen-bond donors (Lipinski definition) is 0. The van der Waals surface area contributed by atoms with Gasteiger partial charge in [0.1, 0.15) is 11.5 Å². The quantitative estimate of drug-likeness (QED) is 0.643. The molecule has 27 heavy (non-hydrogen) atoms. The number of ether oxygens (including phenoxy) is 1. The minimum atomic E-state index is -4.50. The summed E-state index contributed by atoms with van der Waals surface area (Å²) in [6, 6.07) is 5.30. The number of pyridine rings is 1. The van der Waals surface area contributed by atoms with Crippen LogP contribution in [-0.2, 0) is 17.5 Å². The lowest BCUT2D eigenvalue weighted by molar-refractivity contribution is -0.136. The number of morpholine rings is 1. The molecule has 144 valence electrons. The van der Waals surface area contributed by atoms with Crippen molar-refractivity contribution in [3.05, 3.63) is 41.3 Å². The first-order valence-electron chi connectivity index (χ1n) is 8.81. The summed E-state index contributed by atoms with van der Waals surface area (Å²) in [5.74, 6) is -0.521. The molecule has 0 bridgehead atoms. The maximum absolute atomic E-state index is 14.1. The molecule has 0 N–H and O–H groups in total. The minimum Gasteiger partial charge on any atom is -0.379 e. The zero-order valence-corrected chi connectivity index (χ0v) is 14.8. The van der Waals surface area contributed by atoms with Gasteiger partial charge >= 0.3 is 6.18 Å². The predicted molar refractivity (Wildman–Crippen MR) is 94.2 cm³/mol. The summed E-state index contributed by atoms with van der Waals surface area (Å²) >= 11 is 0. The first-order valence-corrected chi connectivity index (χ1v) is 8.81. The fourth-order valence-corrected chi connectivity index (χ4v) is 3.64. The Labute approximate surface area is 153 Å². The predicted octanol–water partition coefficient (Wildman–Crippen LogP) is 3.99. The first-order chi connectivity index (χ1) is 12.9. The van der Waals surface area contributed by atoms with Gasteiger partial charge in [-0.1, -0.05) is 12.1 Å². The highest BCUT2D eigenvalue weighted by atomic mass is 19.4. The van der Waals surface area contributed by atoms with Crippen molar-refractivity contribution in [2.45, 2.75) is 19.6 Å². The maximum atomic E-state index is 14.1. The summed E-state index contributed by atoms with van der Waals surface area (Å²) in [6.07, 6.45) is -4.50. The fraction of sp³-hybridized carbons (Fsp3) is 0.421. The van der Waals surface area contributed by atoms with E-state index < -0.39 is 17.6 Å². The highest BCUT2D eigenvalue weighted by molar-refractivity contribution is 6.08. The van der Waals surface area contributed by atoms with E-state index in [0.717, 1.165) is 19.2 Å². The average Bonchev–Trinajstić information content (AvgIpc) is 2.93. The molecule has 2 aromatic heterocycles. The van der Waals surface area contributed by atoms with Crippen LogP contribution < -0.4 is 0 Å². The highest BCUT2D eigenvalue weighted by Crippen LogP contribution is 2.39. The van der Waals surface area contributed by atoms with Gasteiger partial charge in [-0.2, -0.15) is 13.2 Å². The highest BCUT2D eigenvalue weighted by Gasteiger charge is 2.34. The lowest BCUT2D eigenvalue weighted by Crippen LogP contribution is -2.38. The van der Waals surface area contributed by atoms with E-state index in [9.17, 15) is 17.6 Å². The molecule has 3 heterocycles. The molecule has 4 rings (SSSR count). The average molecular weight is 381 g/mol. The van der Waals surface area contributed by atoms with Gasteiger partial charge in [0.2, 0.25) is 0 Å². The third kappa shape index (κ3) is 3.27. The summed E-state index contributed by atoms with van der Waals surface area (Å²) < 4.78 is 61.9. The topological polar surface area (TPSA) is 30.3 Å². The third-order valence-electron chi connectivity index (χ3n) is 5.03. The van der Waals surface area contributed by atoms with Crippen LogP contribution in [0.1, 0.15) is 11.3 Å². The van der Waals surface area contributed by atoms with Crippen molar-refractivity contribution < 1.29 is 22.3 Å². The molecule has 1 fully saturated rings. The van der Waals surface area contributed by atoms with Crippen molar-refractivity contribution in [2.24, 2.45) is 0 Å². The molecule has 0 unspecified atom stereocenters. The van der Waals surface area contributed by atoms with Crippen molar-refractivity contribution in [3.63, 3.8) is 0 Å². The van der Waals surface area contributed by atoms with Crippen molar-refractivity contribution in [1.82, 2.24) is 14.5 Å². The summed E-state index contributed by atoms with van der Waals surface area (Å²) in [7, 11) is 0. The monoisotopic (exact) mass is 381 g/mol. The normalized spacial score (nSPS) is 16.5. The van der Waals surface area contributed by atoms with Crippen molar-refractivity contribution in [2.75, 3.05) is 32.8 Å². The van der Waals surface area contributed by atoms with Gasteiger partial charge in [0.05, 0.1) is 30.0 Å². The zero-order chi connectivity index (χ0) is 19.2. The maximum Gasteiger partial charge on any atom is 0.418 e. The molecule has 3 aromatic rings. The Kier molecular flexibility index (Phi) is 4.55. The lowest BCUT2D eigenvalue weighted by atomic mass is 10.1. The number of hydrogen-bond acceptors (Lipinski definition) is 3. The Morgan fingerprint density at radius 2 is 1.85 bits per heavy atom. The van der Waals surface area contributed by atoms with Gasteiger partial charge < -0.3 is 9.30 Å². The van der Waals surface area contributed by atoms with E-state index in [4.69, 9.17) is 4.74 Å². The molecule has 0 amide bonds. The van der Waals surface area contributed by atoms with Gasteiger partial charge in [0.25, 0.3) is 0 Å². The molecule has 0 saturated carbocycles. The van der Waals surface area contributed by atoms with Gasteiger partial charge in [-0.05, 0) is 19.1 Å². The first kappa shape index (κ1) is 18.2. The van der Waals surface area contributed by atoms with Gasteiger partial charge in [0, 0.05) is 37.0 Å². The van der Waals surface area contributed by atoms with Crippen LogP contribution in [0.25, 0.3) is 21.9 Å². The number of rotatable bonds is 3. The van der Waals surface area contributed by atoms with E-state index >= 15 is 0 Å². The van der Waals surface area contributed by atoms with Crippen LogP contribution in [0.4, 0.5) is 17.6 Å². The summed E-state index contributed by atoms with van der Waals surface area (Å²) in [5, 5.41) is 0.773. The van der Waals surface area contributed by atoms with Crippen LogP contribution >= 0.6 is 0 Å². The molecule has 0 atom stereocenters. The van der Waals surface area contributed by atoms with Crippen LogP contribution in [0.2, 0.25) is 0 Å². The largest absolute Gasteiger partial charge is 0.418 e. The molecule has 4 nitrogen and oxygen atoms in total. The number of para-hydroxylation sites is 1. The van der Waals surface area contributed by atoms with E-state index in [1.165, 1.54) is 19.1 Å². The second-order valence-corrected chi connectivity index (χ2v) is 6.73. The van der Waals surface area contributed by atoms with E-state index in [1.54, 1.807) is 10.6 Å². The summed E-state index contributed by atoms with van der Waals surface area (Å²) in [4.78, 5) is 6.42. The number of aromatic nitrogens is 2. The van der Waals surface area contributed by atoms with E-state index in [-0.39, 0.29) is 11.2 Å². The zero-order valence-electron chi connectivity index (χ0n) is 14.8. The SMILES string of the molecule is Cc1nc2c(cc1F)c1cccc(C(F)(F)F)c1n2CCN1CCOCC1. The van der Waals surface area contributed by atoms with Gasteiger partial charge in [-0.3, -0.25) is 4.90 Å². The Morgan fingerprint density at radius 1 is 1.11 bits per heavy atom. The molecule has 0 radical (unpaired) electrons. The van der Waals surface area contributed by atoms with Gasteiger partial charge in [-0.15, -0.1) is 0 Å². The summed E-state index contributed by atoms with van der Waals surface area (Å²) in [5.41, 5.74) is -0.107. The molecule has 8 heteroatoms. The Hall–Kier alpha value is -2.19. The van der Waals surface area contributed by atoms with Gasteiger partial charge in [0.15, 0.2) is 0 Å². The van der Waals surface area contributed by atoms with E-state index in [1.807, 2.05) is 0 Å². The van der Waals surface area contributed by atoms with Crippen LogP contribution in [0.3, 0.4) is 0 Å². The van der Waals surface area contributed by atoms with E-state index in [2.05, 4.69) is 9.88 Å². The van der Waals surface area contributed by atoms with E-state index in [0.29, 0.717) is 42.7 Å². The number of benzene rings is 1. The minimum absolute atomic E-state index is 0.0609. The Balaban J connectivity index is 1.90. The molecule has 1 saturated heterocycles. The lowest BCUT2D eigenvalue weighted by Gasteiger charge is -2.27. The number of fused-ring (bicyclic) bond motifs is 3. The van der Waals surface area contributed by atoms with Crippen LogP contribution in [0.5, 0.6) is 0 Å².